The zero-order valence-corrected chi connectivity index (χ0v) is 15.1. The van der Waals surface area contributed by atoms with Crippen LogP contribution in [0.4, 0.5) is 5.69 Å². The van der Waals surface area contributed by atoms with Crippen molar-refractivity contribution in [1.29, 1.82) is 0 Å². The number of nitrogens with one attached hydrogen (secondary N) is 1. The summed E-state index contributed by atoms with van der Waals surface area (Å²) in [6.45, 7) is 4.40. The van der Waals surface area contributed by atoms with E-state index in [-0.39, 0.29) is 0 Å². The maximum atomic E-state index is 12.1. The molecule has 0 heterocycles. The number of hydrogen-bond donors (Lipinski definition) is 1. The van der Waals surface area contributed by atoms with Gasteiger partial charge < -0.3 is 10.1 Å². The number of benzene rings is 1. The van der Waals surface area contributed by atoms with Gasteiger partial charge in [0.1, 0.15) is 5.25 Å². The maximum Gasteiger partial charge on any atom is 0.337 e. The molecule has 1 aromatic carbocycles. The second-order valence-corrected chi connectivity index (χ2v) is 8.64. The van der Waals surface area contributed by atoms with Gasteiger partial charge in [0.25, 0.3) is 0 Å². The topological polar surface area (TPSA) is 89.5 Å². The van der Waals surface area contributed by atoms with Crippen LogP contribution in [0.5, 0.6) is 0 Å². The third-order valence-corrected chi connectivity index (χ3v) is 6.34. The van der Waals surface area contributed by atoms with E-state index < -0.39 is 32.2 Å². The molecule has 8 heteroatoms. The van der Waals surface area contributed by atoms with Gasteiger partial charge >= 0.3 is 5.97 Å². The third-order valence-electron chi connectivity index (χ3n) is 3.17. The van der Waals surface area contributed by atoms with Gasteiger partial charge in [-0.3, -0.25) is 4.79 Å². The molecule has 0 aliphatic rings. The van der Waals surface area contributed by atoms with Crippen molar-refractivity contribution in [2.24, 2.45) is 0 Å². The monoisotopic (exact) mass is 391 g/mol. The van der Waals surface area contributed by atoms with E-state index in [1.54, 1.807) is 0 Å². The summed E-state index contributed by atoms with van der Waals surface area (Å²) in [7, 11) is -2.27. The van der Waals surface area contributed by atoms with Gasteiger partial charge in [0, 0.05) is 4.47 Å². The molecule has 1 atom stereocenters. The summed E-state index contributed by atoms with van der Waals surface area (Å²) in [5, 5.41) is 0.731. The molecular weight excluding hydrogens is 374 g/mol. The molecule has 122 valence electrons. The summed E-state index contributed by atoms with van der Waals surface area (Å²) in [5.74, 6) is -1.13. The first-order chi connectivity index (χ1) is 10.1. The highest BCUT2D eigenvalue weighted by Gasteiger charge is 2.31. The zero-order chi connectivity index (χ0) is 17.1. The fraction of sp³-hybridized carbons (Fsp3) is 0.429. The molecule has 0 aromatic heterocycles. The molecule has 0 unspecified atom stereocenters. The normalized spacial score (nSPS) is 12.8. The summed E-state index contributed by atoms with van der Waals surface area (Å²) in [6, 6.07) is 4.47. The number of anilines is 1. The second-order valence-electron chi connectivity index (χ2n) is 4.96. The Balaban J connectivity index is 2.96. The van der Waals surface area contributed by atoms with Gasteiger partial charge in [0.05, 0.1) is 23.6 Å². The first-order valence-electron chi connectivity index (χ1n) is 6.52. The standard InChI is InChI=1S/C14H18BrNO5S/c1-8(2)22(19,20)9(3)13(17)16-12-6-5-10(7-11(12)15)14(18)21-4/h5-9H,1-4H3,(H,16,17)/t9-/m0/s1. The van der Waals surface area contributed by atoms with E-state index in [1.807, 2.05) is 0 Å². The Bertz CT molecular complexity index is 684. The van der Waals surface area contributed by atoms with Crippen molar-refractivity contribution >= 4 is 43.3 Å². The van der Waals surface area contributed by atoms with Crippen molar-refractivity contribution in [2.75, 3.05) is 12.4 Å². The van der Waals surface area contributed by atoms with Gasteiger partial charge in [-0.1, -0.05) is 0 Å². The smallest absolute Gasteiger partial charge is 0.337 e. The number of methoxy groups -OCH3 is 1. The Kier molecular flexibility index (Phi) is 6.13. The van der Waals surface area contributed by atoms with Gasteiger partial charge in [-0.2, -0.15) is 0 Å². The van der Waals surface area contributed by atoms with Gasteiger partial charge in [0.2, 0.25) is 5.91 Å². The van der Waals surface area contributed by atoms with Crippen molar-refractivity contribution in [3.8, 4) is 0 Å². The predicted molar refractivity (Wildman–Crippen MR) is 87.6 cm³/mol. The SMILES string of the molecule is COC(=O)c1ccc(NC(=O)[C@H](C)S(=O)(=O)C(C)C)c(Br)c1. The molecule has 0 fully saturated rings. The van der Waals surface area contributed by atoms with Gasteiger partial charge in [-0.15, -0.1) is 0 Å². The number of ether oxygens (including phenoxy) is 1. The van der Waals surface area contributed by atoms with Crippen LogP contribution in [0.3, 0.4) is 0 Å². The summed E-state index contributed by atoms with van der Waals surface area (Å²) >= 11 is 3.23. The fourth-order valence-corrected chi connectivity index (χ4v) is 3.30. The van der Waals surface area contributed by atoms with E-state index in [4.69, 9.17) is 0 Å². The van der Waals surface area contributed by atoms with Crippen molar-refractivity contribution < 1.29 is 22.7 Å². The van der Waals surface area contributed by atoms with Crippen LogP contribution in [-0.4, -0.2) is 37.9 Å². The van der Waals surface area contributed by atoms with Gasteiger partial charge in [-0.05, 0) is 54.9 Å². The number of hydrogen-bond acceptors (Lipinski definition) is 5. The summed E-state index contributed by atoms with van der Waals surface area (Å²) < 4.78 is 29.0. The first kappa shape index (κ1) is 18.6. The lowest BCUT2D eigenvalue weighted by molar-refractivity contribution is -0.115. The van der Waals surface area contributed by atoms with Crippen LogP contribution in [-0.2, 0) is 19.4 Å². The van der Waals surface area contributed by atoms with E-state index in [1.165, 1.54) is 46.1 Å². The molecule has 0 bridgehead atoms. The van der Waals surface area contributed by atoms with Crippen molar-refractivity contribution in [3.05, 3.63) is 28.2 Å². The summed E-state index contributed by atoms with van der Waals surface area (Å²) in [5.41, 5.74) is 0.693. The quantitative estimate of drug-likeness (QED) is 0.778. The molecule has 1 rings (SSSR count). The minimum atomic E-state index is -3.54. The average molecular weight is 392 g/mol. The van der Waals surface area contributed by atoms with E-state index >= 15 is 0 Å². The molecule has 0 radical (unpaired) electrons. The van der Waals surface area contributed by atoms with Crippen LogP contribution < -0.4 is 5.32 Å². The fourth-order valence-electron chi connectivity index (χ4n) is 1.65. The van der Waals surface area contributed by atoms with E-state index in [0.717, 1.165) is 0 Å². The second kappa shape index (κ2) is 7.23. The first-order valence-corrected chi connectivity index (χ1v) is 8.93. The number of esters is 1. The molecule has 22 heavy (non-hydrogen) atoms. The number of rotatable bonds is 5. The molecule has 0 saturated heterocycles. The highest BCUT2D eigenvalue weighted by molar-refractivity contribution is 9.10. The van der Waals surface area contributed by atoms with Crippen LogP contribution in [0.25, 0.3) is 0 Å². The number of carbonyl (C=O) groups is 2. The van der Waals surface area contributed by atoms with Crippen LogP contribution in [0.1, 0.15) is 31.1 Å². The zero-order valence-electron chi connectivity index (χ0n) is 12.7. The molecule has 0 spiro atoms. The highest BCUT2D eigenvalue weighted by atomic mass is 79.9. The lowest BCUT2D eigenvalue weighted by Crippen LogP contribution is -2.36. The number of amides is 1. The van der Waals surface area contributed by atoms with Gasteiger partial charge in [0.15, 0.2) is 9.84 Å². The van der Waals surface area contributed by atoms with Crippen molar-refractivity contribution in [2.45, 2.75) is 31.3 Å². The van der Waals surface area contributed by atoms with Gasteiger partial charge in [-0.25, -0.2) is 13.2 Å². The Morgan fingerprint density at radius 2 is 1.82 bits per heavy atom. The van der Waals surface area contributed by atoms with E-state index in [9.17, 15) is 18.0 Å². The van der Waals surface area contributed by atoms with Crippen LogP contribution >= 0.6 is 15.9 Å². The Labute approximate surface area is 138 Å². The van der Waals surface area contributed by atoms with Crippen molar-refractivity contribution in [3.63, 3.8) is 0 Å². The Hall–Kier alpha value is -1.41. The molecule has 1 amide bonds. The molecule has 6 nitrogen and oxygen atoms in total. The summed E-state index contributed by atoms with van der Waals surface area (Å²) in [6.07, 6.45) is 0. The van der Waals surface area contributed by atoms with Crippen LogP contribution in [0, 0.1) is 0 Å². The van der Waals surface area contributed by atoms with E-state index in [0.29, 0.717) is 15.7 Å². The number of carbonyl (C=O) groups excluding carboxylic acids is 2. The Morgan fingerprint density at radius 1 is 1.23 bits per heavy atom. The summed E-state index contributed by atoms with van der Waals surface area (Å²) in [4.78, 5) is 23.5. The number of halogens is 1. The number of sulfone groups is 1. The predicted octanol–water partition coefficient (Wildman–Crippen LogP) is 2.39. The molecule has 0 aliphatic heterocycles. The third kappa shape index (κ3) is 4.07. The van der Waals surface area contributed by atoms with Crippen LogP contribution in [0.2, 0.25) is 0 Å². The minimum absolute atomic E-state index is 0.315. The maximum absolute atomic E-state index is 12.1. The Morgan fingerprint density at radius 3 is 2.27 bits per heavy atom. The molecular formula is C14H18BrNO5S. The van der Waals surface area contributed by atoms with Crippen LogP contribution in [0.15, 0.2) is 22.7 Å². The molecule has 1 aromatic rings. The van der Waals surface area contributed by atoms with E-state index in [2.05, 4.69) is 26.0 Å². The molecule has 1 N–H and O–H groups in total. The lowest BCUT2D eigenvalue weighted by atomic mass is 10.2. The minimum Gasteiger partial charge on any atom is -0.465 e. The average Bonchev–Trinajstić information content (AvgIpc) is 2.47. The van der Waals surface area contributed by atoms with Crippen molar-refractivity contribution in [1.82, 2.24) is 0 Å². The molecule has 0 aliphatic carbocycles. The largest absolute Gasteiger partial charge is 0.465 e. The molecule has 0 saturated carbocycles. The lowest BCUT2D eigenvalue weighted by Gasteiger charge is -2.16. The highest BCUT2D eigenvalue weighted by Crippen LogP contribution is 2.25.